The lowest BCUT2D eigenvalue weighted by molar-refractivity contribution is 0.410. The van der Waals surface area contributed by atoms with Gasteiger partial charge >= 0.3 is 0 Å². The zero-order valence-electron chi connectivity index (χ0n) is 11.3. The Hall–Kier alpha value is -1.37. The first-order valence-corrected chi connectivity index (χ1v) is 7.70. The van der Waals surface area contributed by atoms with Crippen molar-refractivity contribution in [2.45, 2.75) is 25.2 Å². The van der Waals surface area contributed by atoms with Crippen molar-refractivity contribution in [1.29, 1.82) is 0 Å². The topological polar surface area (TPSA) is 61.0 Å². The van der Waals surface area contributed by atoms with E-state index < -0.39 is 0 Å². The van der Waals surface area contributed by atoms with E-state index in [4.69, 9.17) is 15.5 Å². The Kier molecular flexibility index (Phi) is 3.78. The number of methoxy groups -OCH3 is 1. The maximum Gasteiger partial charge on any atom is 0.140 e. The van der Waals surface area contributed by atoms with Crippen LogP contribution in [0.5, 0.6) is 5.75 Å². The van der Waals surface area contributed by atoms with Gasteiger partial charge in [0.25, 0.3) is 0 Å². The monoisotopic (exact) mass is 381 g/mol. The largest absolute Gasteiger partial charge is 0.496 e. The van der Waals surface area contributed by atoms with Gasteiger partial charge in [0.15, 0.2) is 0 Å². The number of nitrogens with zero attached hydrogens (tertiary/aromatic N) is 2. The van der Waals surface area contributed by atoms with E-state index >= 15 is 0 Å². The van der Waals surface area contributed by atoms with Crippen LogP contribution in [-0.4, -0.2) is 17.1 Å². The molecule has 0 aliphatic heterocycles. The molecule has 0 radical (unpaired) electrons. The quantitative estimate of drug-likeness (QED) is 0.827. The van der Waals surface area contributed by atoms with Gasteiger partial charge in [-0.25, -0.2) is 9.97 Å². The van der Waals surface area contributed by atoms with Crippen molar-refractivity contribution >= 4 is 28.4 Å². The molecule has 0 spiro atoms. The highest BCUT2D eigenvalue weighted by molar-refractivity contribution is 14.1. The SMILES string of the molecule is COc1ccccc1Cc1nc(N)c(I)c(C2CC2)n1. The second kappa shape index (κ2) is 5.55. The lowest BCUT2D eigenvalue weighted by Gasteiger charge is -2.10. The smallest absolute Gasteiger partial charge is 0.140 e. The van der Waals surface area contributed by atoms with Gasteiger partial charge in [0, 0.05) is 17.9 Å². The third-order valence-corrected chi connectivity index (χ3v) is 4.56. The van der Waals surface area contributed by atoms with Gasteiger partial charge in [0.1, 0.15) is 17.4 Å². The van der Waals surface area contributed by atoms with E-state index in [0.29, 0.717) is 18.2 Å². The van der Waals surface area contributed by atoms with E-state index in [1.165, 1.54) is 12.8 Å². The Bertz CT molecular complexity index is 641. The average Bonchev–Trinajstić information content (AvgIpc) is 3.28. The summed E-state index contributed by atoms with van der Waals surface area (Å²) in [5.74, 6) is 2.80. The molecule has 0 amide bonds. The van der Waals surface area contributed by atoms with E-state index in [-0.39, 0.29) is 0 Å². The molecule has 1 fully saturated rings. The molecule has 0 unspecified atom stereocenters. The fourth-order valence-corrected chi connectivity index (χ4v) is 2.94. The number of nitrogens with two attached hydrogens (primary N) is 1. The van der Waals surface area contributed by atoms with Gasteiger partial charge in [-0.15, -0.1) is 0 Å². The van der Waals surface area contributed by atoms with Crippen LogP contribution in [-0.2, 0) is 6.42 Å². The normalized spacial score (nSPS) is 14.3. The number of para-hydroxylation sites is 1. The van der Waals surface area contributed by atoms with Crippen molar-refractivity contribution in [3.8, 4) is 5.75 Å². The van der Waals surface area contributed by atoms with Gasteiger partial charge in [-0.3, -0.25) is 0 Å². The van der Waals surface area contributed by atoms with Crippen LogP contribution in [0.4, 0.5) is 5.82 Å². The minimum absolute atomic E-state index is 0.573. The summed E-state index contributed by atoms with van der Waals surface area (Å²) in [6.07, 6.45) is 3.06. The van der Waals surface area contributed by atoms with E-state index in [1.54, 1.807) is 7.11 Å². The maximum absolute atomic E-state index is 6.02. The van der Waals surface area contributed by atoms with Crippen LogP contribution in [0.3, 0.4) is 0 Å². The molecule has 1 aliphatic carbocycles. The van der Waals surface area contributed by atoms with Crippen LogP contribution in [0.15, 0.2) is 24.3 Å². The standard InChI is InChI=1S/C15H16IN3O/c1-20-11-5-3-2-4-10(11)8-12-18-14(9-6-7-9)13(16)15(17)19-12/h2-5,9H,6-8H2,1H3,(H2,17,18,19). The number of hydrogen-bond acceptors (Lipinski definition) is 4. The lowest BCUT2D eigenvalue weighted by Crippen LogP contribution is -2.07. The molecule has 1 aromatic carbocycles. The minimum Gasteiger partial charge on any atom is -0.496 e. The average molecular weight is 381 g/mol. The fraction of sp³-hybridized carbons (Fsp3) is 0.333. The first kappa shape index (κ1) is 13.6. The summed E-state index contributed by atoms with van der Waals surface area (Å²) in [5.41, 5.74) is 8.22. The van der Waals surface area contributed by atoms with Gasteiger partial charge in [0.05, 0.1) is 16.4 Å². The van der Waals surface area contributed by atoms with Crippen molar-refractivity contribution in [3.05, 3.63) is 44.9 Å². The van der Waals surface area contributed by atoms with Crippen LogP contribution in [0.2, 0.25) is 0 Å². The molecule has 0 atom stereocenters. The molecular formula is C15H16IN3O. The molecule has 1 aliphatic rings. The molecule has 2 N–H and O–H groups in total. The van der Waals surface area contributed by atoms with E-state index in [1.807, 2.05) is 24.3 Å². The van der Waals surface area contributed by atoms with Crippen LogP contribution in [0.25, 0.3) is 0 Å². The molecule has 0 saturated heterocycles. The molecule has 104 valence electrons. The second-order valence-corrected chi connectivity index (χ2v) is 6.07. The zero-order valence-corrected chi connectivity index (χ0v) is 13.4. The number of halogens is 1. The Morgan fingerprint density at radius 3 is 2.75 bits per heavy atom. The molecule has 20 heavy (non-hydrogen) atoms. The predicted octanol–water partition coefficient (Wildman–Crippen LogP) is 3.14. The van der Waals surface area contributed by atoms with Crippen molar-refractivity contribution in [1.82, 2.24) is 9.97 Å². The van der Waals surface area contributed by atoms with Crippen molar-refractivity contribution in [2.75, 3.05) is 12.8 Å². The number of nitrogen functional groups attached to an aromatic ring is 1. The molecule has 3 rings (SSSR count). The third kappa shape index (κ3) is 2.72. The molecular weight excluding hydrogens is 365 g/mol. The van der Waals surface area contributed by atoms with Gasteiger partial charge in [-0.2, -0.15) is 0 Å². The van der Waals surface area contributed by atoms with E-state index in [9.17, 15) is 0 Å². The summed E-state index contributed by atoms with van der Waals surface area (Å²) in [7, 11) is 1.68. The highest BCUT2D eigenvalue weighted by atomic mass is 127. The van der Waals surface area contributed by atoms with E-state index in [2.05, 4.69) is 27.6 Å². The van der Waals surface area contributed by atoms with Gasteiger partial charge in [-0.1, -0.05) is 18.2 Å². The summed E-state index contributed by atoms with van der Waals surface area (Å²) in [6, 6.07) is 7.94. The van der Waals surface area contributed by atoms with Crippen LogP contribution >= 0.6 is 22.6 Å². The third-order valence-electron chi connectivity index (χ3n) is 3.45. The molecule has 4 nitrogen and oxygen atoms in total. The molecule has 2 aromatic rings. The van der Waals surface area contributed by atoms with Crippen molar-refractivity contribution in [2.24, 2.45) is 0 Å². The Morgan fingerprint density at radius 2 is 2.05 bits per heavy atom. The Labute approximate surface area is 131 Å². The fourth-order valence-electron chi connectivity index (χ4n) is 2.26. The van der Waals surface area contributed by atoms with Gasteiger partial charge < -0.3 is 10.5 Å². The highest BCUT2D eigenvalue weighted by Gasteiger charge is 2.29. The number of aromatic nitrogens is 2. The highest BCUT2D eigenvalue weighted by Crippen LogP contribution is 2.42. The molecule has 1 aromatic heterocycles. The Morgan fingerprint density at radius 1 is 1.30 bits per heavy atom. The number of ether oxygens (including phenoxy) is 1. The number of hydrogen-bond donors (Lipinski definition) is 1. The molecule has 1 saturated carbocycles. The summed E-state index contributed by atoms with van der Waals surface area (Å²) in [4.78, 5) is 9.13. The maximum atomic E-state index is 6.02. The first-order chi connectivity index (χ1) is 9.69. The number of anilines is 1. The predicted molar refractivity (Wildman–Crippen MR) is 86.9 cm³/mol. The van der Waals surface area contributed by atoms with Gasteiger partial charge in [-0.05, 0) is 41.5 Å². The van der Waals surface area contributed by atoms with E-state index in [0.717, 1.165) is 26.4 Å². The lowest BCUT2D eigenvalue weighted by atomic mass is 10.1. The number of rotatable bonds is 4. The zero-order chi connectivity index (χ0) is 14.1. The van der Waals surface area contributed by atoms with Crippen molar-refractivity contribution in [3.63, 3.8) is 0 Å². The minimum atomic E-state index is 0.573. The van der Waals surface area contributed by atoms with Crippen molar-refractivity contribution < 1.29 is 4.74 Å². The molecule has 1 heterocycles. The van der Waals surface area contributed by atoms with Crippen LogP contribution < -0.4 is 10.5 Å². The summed E-state index contributed by atoms with van der Waals surface area (Å²) in [6.45, 7) is 0. The Balaban J connectivity index is 1.94. The molecule has 0 bridgehead atoms. The molecule has 5 heteroatoms. The summed E-state index contributed by atoms with van der Waals surface area (Å²) in [5, 5.41) is 0. The second-order valence-electron chi connectivity index (χ2n) is 4.99. The summed E-state index contributed by atoms with van der Waals surface area (Å²) >= 11 is 2.25. The summed E-state index contributed by atoms with van der Waals surface area (Å²) < 4.78 is 6.38. The number of benzene rings is 1. The van der Waals surface area contributed by atoms with Gasteiger partial charge in [0.2, 0.25) is 0 Å². The van der Waals surface area contributed by atoms with Crippen LogP contribution in [0, 0.1) is 3.57 Å². The first-order valence-electron chi connectivity index (χ1n) is 6.62. The van der Waals surface area contributed by atoms with Crippen LogP contribution in [0.1, 0.15) is 35.8 Å².